The standard InChI is InChI=1S/C11H14.W.Y/c1-8(2)11-7-9(3)5-6-10(11)4;;/h6,8H,1-4H3;;/q-2;;. The van der Waals surface area contributed by atoms with Crippen molar-refractivity contribution in [2.75, 3.05) is 0 Å². The molecular weight excluding hydrogens is 405 g/mol. The molecule has 0 N–H and O–H groups in total. The van der Waals surface area contributed by atoms with E-state index in [1.165, 1.54) is 11.1 Å². The van der Waals surface area contributed by atoms with E-state index in [0.717, 1.165) is 5.56 Å². The molecule has 0 fully saturated rings. The summed E-state index contributed by atoms with van der Waals surface area (Å²) < 4.78 is 0. The molecular formula is C11H14WY-2. The fourth-order valence-electron chi connectivity index (χ4n) is 1.23. The number of aryl methyl sites for hydroxylation is 2. The minimum atomic E-state index is 0. The monoisotopic (exact) mass is 419 g/mol. The average Bonchev–Trinajstić information content (AvgIpc) is 1.94. The molecule has 0 heterocycles. The zero-order valence-corrected chi connectivity index (χ0v) is 14.4. The predicted molar refractivity (Wildman–Crippen MR) is 47.7 cm³/mol. The van der Waals surface area contributed by atoms with Crippen LogP contribution in [0.15, 0.2) is 6.07 Å². The van der Waals surface area contributed by atoms with Gasteiger partial charge in [-0.15, -0.1) is 6.92 Å². The van der Waals surface area contributed by atoms with Crippen molar-refractivity contribution in [1.82, 2.24) is 0 Å². The van der Waals surface area contributed by atoms with Crippen LogP contribution in [0.3, 0.4) is 0 Å². The molecule has 2 heteroatoms. The van der Waals surface area contributed by atoms with E-state index >= 15 is 0 Å². The molecule has 0 bridgehead atoms. The van der Waals surface area contributed by atoms with Gasteiger partial charge in [0.1, 0.15) is 0 Å². The maximum atomic E-state index is 3.32. The van der Waals surface area contributed by atoms with Gasteiger partial charge in [0.05, 0.1) is 0 Å². The second kappa shape index (κ2) is 7.32. The number of hydrogen-bond donors (Lipinski definition) is 0. The van der Waals surface area contributed by atoms with Crippen molar-refractivity contribution in [3.63, 3.8) is 0 Å². The maximum Gasteiger partial charge on any atom is 0 e. The van der Waals surface area contributed by atoms with E-state index in [2.05, 4.69) is 32.9 Å². The van der Waals surface area contributed by atoms with Crippen LogP contribution in [0.1, 0.15) is 36.5 Å². The Kier molecular flexibility index (Phi) is 9.26. The van der Waals surface area contributed by atoms with Gasteiger partial charge >= 0.3 is 0 Å². The van der Waals surface area contributed by atoms with Crippen molar-refractivity contribution in [1.29, 1.82) is 0 Å². The van der Waals surface area contributed by atoms with Gasteiger partial charge in [-0.2, -0.15) is 0 Å². The van der Waals surface area contributed by atoms with E-state index in [1.54, 1.807) is 0 Å². The predicted octanol–water partition coefficient (Wildman–Crippen LogP) is 3.02. The molecule has 0 nitrogen and oxygen atoms in total. The second-order valence-corrected chi connectivity index (χ2v) is 3.29. The number of benzene rings is 1. The van der Waals surface area contributed by atoms with Gasteiger partial charge in [-0.3, -0.25) is 22.8 Å². The van der Waals surface area contributed by atoms with Crippen LogP contribution >= 0.6 is 0 Å². The third-order valence-corrected chi connectivity index (χ3v) is 1.83. The van der Waals surface area contributed by atoms with Crippen LogP contribution in [0.5, 0.6) is 0 Å². The van der Waals surface area contributed by atoms with Crippen LogP contribution in [-0.4, -0.2) is 0 Å². The van der Waals surface area contributed by atoms with Crippen molar-refractivity contribution in [3.8, 4) is 0 Å². The summed E-state index contributed by atoms with van der Waals surface area (Å²) in [6, 6.07) is 8.50. The van der Waals surface area contributed by atoms with Gasteiger partial charge in [0.15, 0.2) is 0 Å². The molecule has 0 spiro atoms. The van der Waals surface area contributed by atoms with E-state index in [1.807, 2.05) is 13.0 Å². The van der Waals surface area contributed by atoms with Crippen molar-refractivity contribution in [2.24, 2.45) is 0 Å². The van der Waals surface area contributed by atoms with Gasteiger partial charge in [-0.05, 0) is 0 Å². The molecule has 1 rings (SSSR count). The quantitative estimate of drug-likeness (QED) is 0.615. The van der Waals surface area contributed by atoms with Crippen molar-refractivity contribution < 1.29 is 53.8 Å². The van der Waals surface area contributed by atoms with Gasteiger partial charge < -0.3 is 12.1 Å². The third kappa shape index (κ3) is 4.86. The summed E-state index contributed by atoms with van der Waals surface area (Å²) in [5.41, 5.74) is 3.73. The SMILES string of the molecule is Cc1[c-]cc(C)c(C(C)C)[c-]1.[W].[Y]. The van der Waals surface area contributed by atoms with Crippen LogP contribution in [0.4, 0.5) is 0 Å². The Morgan fingerprint density at radius 1 is 1.23 bits per heavy atom. The normalized spacial score (nSPS) is 9.00. The molecule has 0 saturated heterocycles. The van der Waals surface area contributed by atoms with Crippen molar-refractivity contribution in [2.45, 2.75) is 33.6 Å². The third-order valence-electron chi connectivity index (χ3n) is 1.83. The Labute approximate surface area is 121 Å². The van der Waals surface area contributed by atoms with Gasteiger partial charge in [0.25, 0.3) is 0 Å². The average molecular weight is 419 g/mol. The van der Waals surface area contributed by atoms with Crippen LogP contribution in [0.25, 0.3) is 0 Å². The van der Waals surface area contributed by atoms with E-state index in [0.29, 0.717) is 5.92 Å². The van der Waals surface area contributed by atoms with Crippen molar-refractivity contribution in [3.05, 3.63) is 34.9 Å². The Hall–Kier alpha value is 1.01. The molecule has 69 valence electrons. The zero-order chi connectivity index (χ0) is 8.43. The molecule has 0 aromatic heterocycles. The summed E-state index contributed by atoms with van der Waals surface area (Å²) in [5, 5.41) is 0. The summed E-state index contributed by atoms with van der Waals surface area (Å²) in [7, 11) is 0. The zero-order valence-electron chi connectivity index (χ0n) is 8.64. The number of hydrogen-bond acceptors (Lipinski definition) is 0. The Bertz CT molecular complexity index is 256. The molecule has 0 aliphatic carbocycles. The smallest absolute Gasteiger partial charge is 0 e. The van der Waals surface area contributed by atoms with Crippen LogP contribution < -0.4 is 0 Å². The summed E-state index contributed by atoms with van der Waals surface area (Å²) in [6.07, 6.45) is 0. The summed E-state index contributed by atoms with van der Waals surface area (Å²) in [5.74, 6) is 0.572. The first-order valence-electron chi connectivity index (χ1n) is 4.02. The van der Waals surface area contributed by atoms with Gasteiger partial charge in [0, 0.05) is 53.8 Å². The molecule has 13 heavy (non-hydrogen) atoms. The molecule has 0 aliphatic rings. The Morgan fingerprint density at radius 2 is 1.77 bits per heavy atom. The van der Waals surface area contributed by atoms with E-state index < -0.39 is 0 Å². The minimum absolute atomic E-state index is 0. The minimum Gasteiger partial charge on any atom is -0.356 e. The first kappa shape index (κ1) is 16.4. The van der Waals surface area contributed by atoms with Crippen LogP contribution in [0, 0.1) is 26.0 Å². The molecule has 1 aromatic rings. The molecule has 0 saturated carbocycles. The van der Waals surface area contributed by atoms with Gasteiger partial charge in [0.2, 0.25) is 0 Å². The Morgan fingerprint density at radius 3 is 2.15 bits per heavy atom. The van der Waals surface area contributed by atoms with Crippen LogP contribution in [0.2, 0.25) is 0 Å². The van der Waals surface area contributed by atoms with Crippen LogP contribution in [-0.2, 0) is 53.8 Å². The Balaban J connectivity index is 0. The summed E-state index contributed by atoms with van der Waals surface area (Å²) in [4.78, 5) is 0. The number of rotatable bonds is 1. The molecule has 0 aliphatic heterocycles. The first-order chi connectivity index (χ1) is 5.11. The first-order valence-corrected chi connectivity index (χ1v) is 4.02. The molecule has 0 unspecified atom stereocenters. The molecule has 1 radical (unpaired) electrons. The molecule has 0 atom stereocenters. The maximum absolute atomic E-state index is 3.32. The van der Waals surface area contributed by atoms with E-state index in [9.17, 15) is 0 Å². The topological polar surface area (TPSA) is 0 Å². The largest absolute Gasteiger partial charge is 0.356 e. The van der Waals surface area contributed by atoms with E-state index in [4.69, 9.17) is 0 Å². The second-order valence-electron chi connectivity index (χ2n) is 3.29. The summed E-state index contributed by atoms with van der Waals surface area (Å²) in [6.45, 7) is 8.53. The van der Waals surface area contributed by atoms with Gasteiger partial charge in [-0.25, -0.2) is 0 Å². The van der Waals surface area contributed by atoms with E-state index in [-0.39, 0.29) is 53.8 Å². The molecule has 1 aromatic carbocycles. The van der Waals surface area contributed by atoms with Gasteiger partial charge in [-0.1, -0.05) is 26.7 Å². The fraction of sp³-hybridized carbons (Fsp3) is 0.455. The van der Waals surface area contributed by atoms with Crippen molar-refractivity contribution >= 4 is 0 Å². The summed E-state index contributed by atoms with van der Waals surface area (Å²) >= 11 is 0. The molecule has 0 amide bonds. The fourth-order valence-corrected chi connectivity index (χ4v) is 1.23.